The Bertz CT molecular complexity index is 1150. The van der Waals surface area contributed by atoms with E-state index in [-0.39, 0.29) is 36.4 Å². The van der Waals surface area contributed by atoms with E-state index >= 15 is 0 Å². The monoisotopic (exact) mass is 447 g/mol. The number of carbonyl (C=O) groups excluding carboxylic acids is 2. The molecule has 0 aliphatic rings. The lowest BCUT2D eigenvalue weighted by atomic mass is 10.1. The number of nitrogens with one attached hydrogen (secondary N) is 1. The highest BCUT2D eigenvalue weighted by atomic mass is 16.5. The minimum absolute atomic E-state index is 0.0198. The van der Waals surface area contributed by atoms with Crippen molar-refractivity contribution in [3.63, 3.8) is 0 Å². The average molecular weight is 447 g/mol. The van der Waals surface area contributed by atoms with Crippen LogP contribution >= 0.6 is 0 Å². The minimum atomic E-state index is -0.694. The molecule has 8 nitrogen and oxygen atoms in total. The van der Waals surface area contributed by atoms with E-state index in [4.69, 9.17) is 20.3 Å². The molecule has 0 radical (unpaired) electrons. The summed E-state index contributed by atoms with van der Waals surface area (Å²) in [6.45, 7) is 2.05. The van der Waals surface area contributed by atoms with Crippen LogP contribution in [-0.4, -0.2) is 40.9 Å². The van der Waals surface area contributed by atoms with Gasteiger partial charge >= 0.3 is 5.97 Å². The number of amidine groups is 1. The third kappa shape index (κ3) is 6.41. The number of carbonyl (C=O) groups is 2. The highest BCUT2D eigenvalue weighted by molar-refractivity contribution is 5.97. The van der Waals surface area contributed by atoms with Gasteiger partial charge in [-0.1, -0.05) is 30.3 Å². The molecule has 0 bridgehead atoms. The smallest absolute Gasteiger partial charge is 0.379 e. The predicted molar refractivity (Wildman–Crippen MR) is 124 cm³/mol. The fourth-order valence-electron chi connectivity index (χ4n) is 3.10. The molecule has 0 spiro atoms. The third-order valence-corrected chi connectivity index (χ3v) is 4.77. The Morgan fingerprint density at radius 2 is 1.79 bits per heavy atom. The summed E-state index contributed by atoms with van der Waals surface area (Å²) in [6, 6.07) is 18.7. The SMILES string of the molecule is C/C(=C\c1ccc(C(=O)Oc2ccc(C(=N)N)cc2)o1)C(=O)N(CCO)Cc1ccccc1. The zero-order valence-corrected chi connectivity index (χ0v) is 18.2. The molecular formula is C25H25N3O5. The molecule has 0 aliphatic heterocycles. The van der Waals surface area contributed by atoms with E-state index in [1.807, 2.05) is 30.3 Å². The second-order valence-electron chi connectivity index (χ2n) is 7.29. The predicted octanol–water partition coefficient (Wildman–Crippen LogP) is 3.21. The Morgan fingerprint density at radius 1 is 1.09 bits per heavy atom. The number of nitrogens with two attached hydrogens (primary N) is 1. The van der Waals surface area contributed by atoms with Crippen LogP contribution in [-0.2, 0) is 11.3 Å². The number of furan rings is 1. The zero-order chi connectivity index (χ0) is 23.8. The maximum absolute atomic E-state index is 12.9. The third-order valence-electron chi connectivity index (χ3n) is 4.77. The number of esters is 1. The van der Waals surface area contributed by atoms with Crippen LogP contribution in [0.3, 0.4) is 0 Å². The largest absolute Gasteiger partial charge is 0.450 e. The number of aliphatic hydroxyl groups is 1. The van der Waals surface area contributed by atoms with Gasteiger partial charge in [0.05, 0.1) is 6.61 Å². The molecule has 4 N–H and O–H groups in total. The van der Waals surface area contributed by atoms with Crippen LogP contribution in [0.2, 0.25) is 0 Å². The highest BCUT2D eigenvalue weighted by Gasteiger charge is 2.17. The molecule has 0 fully saturated rings. The van der Waals surface area contributed by atoms with Crippen molar-refractivity contribution in [2.24, 2.45) is 5.73 Å². The molecule has 8 heteroatoms. The summed E-state index contributed by atoms with van der Waals surface area (Å²) >= 11 is 0. The van der Waals surface area contributed by atoms with Gasteiger partial charge in [-0.2, -0.15) is 0 Å². The maximum atomic E-state index is 12.9. The zero-order valence-electron chi connectivity index (χ0n) is 18.2. The molecular weight excluding hydrogens is 422 g/mol. The molecule has 1 heterocycles. The van der Waals surface area contributed by atoms with Gasteiger partial charge in [-0.3, -0.25) is 10.2 Å². The van der Waals surface area contributed by atoms with Gasteiger partial charge in [0.25, 0.3) is 0 Å². The lowest BCUT2D eigenvalue weighted by Crippen LogP contribution is -2.33. The molecule has 33 heavy (non-hydrogen) atoms. The van der Waals surface area contributed by atoms with Gasteiger partial charge < -0.3 is 24.9 Å². The number of ether oxygens (including phenoxy) is 1. The Kier molecular flexibility index (Phi) is 7.77. The lowest BCUT2D eigenvalue weighted by molar-refractivity contribution is -0.128. The molecule has 3 aromatic rings. The van der Waals surface area contributed by atoms with E-state index in [9.17, 15) is 14.7 Å². The van der Waals surface area contributed by atoms with Gasteiger partial charge in [0, 0.05) is 24.2 Å². The second-order valence-corrected chi connectivity index (χ2v) is 7.29. The van der Waals surface area contributed by atoms with E-state index in [0.29, 0.717) is 23.4 Å². The standard InChI is InChI=1S/C25H25N3O5/c1-17(24(30)28(13-14-29)16-18-5-3-2-4-6-18)15-21-11-12-22(32-21)25(31)33-20-9-7-19(8-10-20)23(26)27/h2-12,15,29H,13-14,16H2,1H3,(H3,26,27)/b17-15+. The first kappa shape index (κ1) is 23.5. The molecule has 0 unspecified atom stereocenters. The van der Waals surface area contributed by atoms with Crippen molar-refractivity contribution in [2.75, 3.05) is 13.2 Å². The van der Waals surface area contributed by atoms with Gasteiger partial charge in [0.15, 0.2) is 0 Å². The van der Waals surface area contributed by atoms with Gasteiger partial charge in [-0.25, -0.2) is 4.79 Å². The van der Waals surface area contributed by atoms with E-state index < -0.39 is 5.97 Å². The van der Waals surface area contributed by atoms with Crippen molar-refractivity contribution in [1.82, 2.24) is 4.90 Å². The fourth-order valence-corrected chi connectivity index (χ4v) is 3.10. The number of aliphatic hydroxyl groups excluding tert-OH is 1. The van der Waals surface area contributed by atoms with Crippen LogP contribution in [0, 0.1) is 5.41 Å². The highest BCUT2D eigenvalue weighted by Crippen LogP contribution is 2.18. The van der Waals surface area contributed by atoms with Crippen molar-refractivity contribution in [3.8, 4) is 5.75 Å². The van der Waals surface area contributed by atoms with E-state index in [0.717, 1.165) is 5.56 Å². The number of hydrogen-bond acceptors (Lipinski definition) is 6. The lowest BCUT2D eigenvalue weighted by Gasteiger charge is -2.22. The van der Waals surface area contributed by atoms with Crippen molar-refractivity contribution in [2.45, 2.75) is 13.5 Å². The molecule has 0 atom stereocenters. The summed E-state index contributed by atoms with van der Waals surface area (Å²) < 4.78 is 10.8. The molecule has 2 aromatic carbocycles. The second kappa shape index (κ2) is 10.9. The first-order valence-electron chi connectivity index (χ1n) is 10.3. The van der Waals surface area contributed by atoms with Gasteiger partial charge in [-0.15, -0.1) is 0 Å². The molecule has 1 aromatic heterocycles. The summed E-state index contributed by atoms with van der Waals surface area (Å²) in [5, 5.41) is 16.7. The summed E-state index contributed by atoms with van der Waals surface area (Å²) in [7, 11) is 0. The molecule has 170 valence electrons. The molecule has 3 rings (SSSR count). The fraction of sp³-hybridized carbons (Fsp3) is 0.160. The number of nitrogens with zero attached hydrogens (tertiary/aromatic N) is 1. The van der Waals surface area contributed by atoms with Crippen molar-refractivity contribution in [1.29, 1.82) is 5.41 Å². The van der Waals surface area contributed by atoms with Crippen molar-refractivity contribution >= 4 is 23.8 Å². The number of hydrogen-bond donors (Lipinski definition) is 3. The summed E-state index contributed by atoms with van der Waals surface area (Å²) in [5.74, 6) is -0.441. The van der Waals surface area contributed by atoms with E-state index in [1.54, 1.807) is 30.0 Å². The van der Waals surface area contributed by atoms with E-state index in [1.165, 1.54) is 24.3 Å². The van der Waals surface area contributed by atoms with Crippen molar-refractivity contribution < 1.29 is 23.8 Å². The first-order chi connectivity index (χ1) is 15.9. The number of benzene rings is 2. The average Bonchev–Trinajstić information content (AvgIpc) is 3.28. The van der Waals surface area contributed by atoms with E-state index in [2.05, 4.69) is 0 Å². The number of nitrogen functional groups attached to an aromatic ring is 1. The molecule has 0 saturated heterocycles. The minimum Gasteiger partial charge on any atom is -0.450 e. The van der Waals surface area contributed by atoms with Gasteiger partial charge in [0.2, 0.25) is 11.7 Å². The maximum Gasteiger partial charge on any atom is 0.379 e. The topological polar surface area (TPSA) is 130 Å². The number of amides is 1. The van der Waals surface area contributed by atoms with Crippen LogP contribution in [0.15, 0.2) is 76.7 Å². The van der Waals surface area contributed by atoms with Crippen LogP contribution in [0.1, 0.15) is 34.4 Å². The van der Waals surface area contributed by atoms with Crippen LogP contribution < -0.4 is 10.5 Å². The molecule has 0 saturated carbocycles. The Labute approximate surface area is 191 Å². The Hall–Kier alpha value is -4.17. The summed E-state index contributed by atoms with van der Waals surface area (Å²) in [5.41, 5.74) is 7.27. The normalized spacial score (nSPS) is 11.2. The number of rotatable bonds is 9. The first-order valence-corrected chi connectivity index (χ1v) is 10.3. The van der Waals surface area contributed by atoms with Crippen LogP contribution in [0.5, 0.6) is 5.75 Å². The summed E-state index contributed by atoms with van der Waals surface area (Å²) in [6.07, 6.45) is 1.54. The van der Waals surface area contributed by atoms with Gasteiger partial charge in [0.1, 0.15) is 17.3 Å². The van der Waals surface area contributed by atoms with Crippen LogP contribution in [0.4, 0.5) is 0 Å². The Balaban J connectivity index is 1.67. The molecule has 0 aliphatic carbocycles. The Morgan fingerprint density at radius 3 is 2.42 bits per heavy atom. The van der Waals surface area contributed by atoms with Crippen LogP contribution in [0.25, 0.3) is 6.08 Å². The summed E-state index contributed by atoms with van der Waals surface area (Å²) in [4.78, 5) is 26.8. The quantitative estimate of drug-likeness (QED) is 0.152. The molecule has 1 amide bonds. The van der Waals surface area contributed by atoms with Gasteiger partial charge in [-0.05, 0) is 55.0 Å². The van der Waals surface area contributed by atoms with Crippen molar-refractivity contribution in [3.05, 3.63) is 95.0 Å².